The zero-order valence-electron chi connectivity index (χ0n) is 16.0. The smallest absolute Gasteiger partial charge is 0.391 e. The lowest BCUT2D eigenvalue weighted by atomic mass is 10.0. The summed E-state index contributed by atoms with van der Waals surface area (Å²) >= 11 is 5.85. The number of aliphatic hydroxyl groups is 1. The number of nitrogens with zero attached hydrogens (tertiary/aromatic N) is 1. The van der Waals surface area contributed by atoms with Gasteiger partial charge in [-0.25, -0.2) is 0 Å². The van der Waals surface area contributed by atoms with Crippen LogP contribution in [0.4, 0.5) is 13.2 Å². The zero-order valence-corrected chi connectivity index (χ0v) is 16.8. The number of carbonyl (C=O) groups is 2. The Balaban J connectivity index is 1.65. The number of hydrogen-bond donors (Lipinski definition) is 1. The van der Waals surface area contributed by atoms with E-state index in [-0.39, 0.29) is 37.2 Å². The molecule has 0 aromatic heterocycles. The van der Waals surface area contributed by atoms with Gasteiger partial charge in [0.25, 0.3) is 0 Å². The van der Waals surface area contributed by atoms with E-state index in [0.717, 1.165) is 17.7 Å². The molecule has 1 aliphatic rings. The number of rotatable bonds is 6. The molecule has 0 saturated carbocycles. The molecule has 1 heterocycles. The third-order valence-electron chi connectivity index (χ3n) is 5.15. The maximum absolute atomic E-state index is 12.9. The maximum atomic E-state index is 12.9. The average Bonchev–Trinajstić information content (AvgIpc) is 3.09. The van der Waals surface area contributed by atoms with Gasteiger partial charge in [-0.3, -0.25) is 9.59 Å². The fraction of sp³-hybridized carbons (Fsp3) is 0.364. The summed E-state index contributed by atoms with van der Waals surface area (Å²) in [7, 11) is 0. The van der Waals surface area contributed by atoms with Gasteiger partial charge in [0.05, 0.1) is 24.1 Å². The van der Waals surface area contributed by atoms with Gasteiger partial charge in [-0.2, -0.15) is 13.2 Å². The Morgan fingerprint density at radius 3 is 2.47 bits per heavy atom. The van der Waals surface area contributed by atoms with Gasteiger partial charge in [0.1, 0.15) is 0 Å². The summed E-state index contributed by atoms with van der Waals surface area (Å²) in [5, 5.41) is 10.6. The van der Waals surface area contributed by atoms with Crippen molar-refractivity contribution in [2.24, 2.45) is 0 Å². The van der Waals surface area contributed by atoms with Crippen molar-refractivity contribution in [2.45, 2.75) is 44.0 Å². The van der Waals surface area contributed by atoms with E-state index < -0.39 is 29.8 Å². The van der Waals surface area contributed by atoms with Gasteiger partial charge >= 0.3 is 6.18 Å². The molecule has 2 aromatic rings. The number of aryl methyl sites for hydroxylation is 1. The van der Waals surface area contributed by atoms with Gasteiger partial charge in [0, 0.05) is 24.4 Å². The second-order valence-corrected chi connectivity index (χ2v) is 7.86. The van der Waals surface area contributed by atoms with Crippen LogP contribution in [0, 0.1) is 0 Å². The molecular weight excluding hydrogens is 419 g/mol. The highest BCUT2D eigenvalue weighted by molar-refractivity contribution is 6.30. The number of likely N-dealkylation sites (tertiary alicyclic amines) is 1. The first-order valence-corrected chi connectivity index (χ1v) is 9.92. The summed E-state index contributed by atoms with van der Waals surface area (Å²) in [6.45, 7) is -0.00482. The first-order chi connectivity index (χ1) is 14.1. The highest BCUT2D eigenvalue weighted by atomic mass is 35.5. The minimum Gasteiger partial charge on any atom is -0.391 e. The van der Waals surface area contributed by atoms with E-state index in [1.807, 2.05) is 12.1 Å². The van der Waals surface area contributed by atoms with Gasteiger partial charge in [0.15, 0.2) is 5.78 Å². The molecule has 0 unspecified atom stereocenters. The lowest BCUT2D eigenvalue weighted by Crippen LogP contribution is -2.41. The highest BCUT2D eigenvalue weighted by Gasteiger charge is 2.38. The van der Waals surface area contributed by atoms with Crippen LogP contribution in [0.1, 0.15) is 29.5 Å². The largest absolute Gasteiger partial charge is 0.416 e. The van der Waals surface area contributed by atoms with E-state index >= 15 is 0 Å². The number of β-amino-alcohol motifs (C(OH)–C–C–N with tert-alkyl or cyclic N) is 1. The predicted molar refractivity (Wildman–Crippen MR) is 106 cm³/mol. The summed E-state index contributed by atoms with van der Waals surface area (Å²) in [6, 6.07) is 10.9. The summed E-state index contributed by atoms with van der Waals surface area (Å²) in [5.74, 6) is -0.658. The molecule has 2 atom stereocenters. The molecule has 4 nitrogen and oxygen atoms in total. The van der Waals surface area contributed by atoms with E-state index in [9.17, 15) is 27.9 Å². The Kier molecular flexibility index (Phi) is 6.83. The number of benzene rings is 2. The topological polar surface area (TPSA) is 57.6 Å². The van der Waals surface area contributed by atoms with Crippen LogP contribution in [0.5, 0.6) is 0 Å². The van der Waals surface area contributed by atoms with Crippen LogP contribution in [0.25, 0.3) is 0 Å². The predicted octanol–water partition coefficient (Wildman–Crippen LogP) is 4.07. The minimum absolute atomic E-state index is 0.00482. The van der Waals surface area contributed by atoms with Crippen LogP contribution in [-0.2, 0) is 28.6 Å². The van der Waals surface area contributed by atoms with Crippen molar-refractivity contribution >= 4 is 23.3 Å². The number of amides is 1. The molecule has 0 radical (unpaired) electrons. The number of alkyl halides is 3. The lowest BCUT2D eigenvalue weighted by Gasteiger charge is -2.23. The number of aliphatic hydroxyl groups excluding tert-OH is 1. The molecule has 8 heteroatoms. The summed E-state index contributed by atoms with van der Waals surface area (Å²) in [4.78, 5) is 26.7. The SMILES string of the molecule is O=C(CCc1ccc(Cl)cc1)[C@@H]1C[C@@H](O)CN1C(=O)Cc1cccc(C(F)(F)F)c1. The van der Waals surface area contributed by atoms with Crippen LogP contribution >= 0.6 is 11.6 Å². The molecule has 1 amide bonds. The molecule has 0 spiro atoms. The fourth-order valence-corrected chi connectivity index (χ4v) is 3.74. The Morgan fingerprint density at radius 2 is 1.80 bits per heavy atom. The highest BCUT2D eigenvalue weighted by Crippen LogP contribution is 2.30. The van der Waals surface area contributed by atoms with Crippen molar-refractivity contribution in [1.29, 1.82) is 0 Å². The van der Waals surface area contributed by atoms with Crippen molar-refractivity contribution in [3.63, 3.8) is 0 Å². The van der Waals surface area contributed by atoms with Crippen LogP contribution in [-0.4, -0.2) is 40.4 Å². The number of carbonyl (C=O) groups excluding carboxylic acids is 2. The lowest BCUT2D eigenvalue weighted by molar-refractivity contribution is -0.138. The summed E-state index contributed by atoms with van der Waals surface area (Å²) in [5.41, 5.74) is 0.307. The summed E-state index contributed by atoms with van der Waals surface area (Å²) < 4.78 is 38.7. The van der Waals surface area contributed by atoms with Crippen LogP contribution in [0.3, 0.4) is 0 Å². The van der Waals surface area contributed by atoms with Crippen molar-refractivity contribution in [3.8, 4) is 0 Å². The molecule has 1 N–H and O–H groups in total. The van der Waals surface area contributed by atoms with E-state index in [4.69, 9.17) is 11.6 Å². The molecule has 1 saturated heterocycles. The van der Waals surface area contributed by atoms with E-state index in [0.29, 0.717) is 11.4 Å². The molecule has 160 valence electrons. The van der Waals surface area contributed by atoms with Crippen molar-refractivity contribution in [1.82, 2.24) is 4.90 Å². The van der Waals surface area contributed by atoms with Crippen molar-refractivity contribution < 1.29 is 27.9 Å². The standard InChI is InChI=1S/C22H21ClF3NO3/c23-17-7-4-14(5-8-17)6-9-20(29)19-12-18(28)13-27(19)21(30)11-15-2-1-3-16(10-15)22(24,25)26/h1-5,7-8,10,18-19,28H,6,9,11-13H2/t18-,19+/m1/s1. The normalized spacial score (nSPS) is 19.2. The zero-order chi connectivity index (χ0) is 21.9. The number of hydrogen-bond acceptors (Lipinski definition) is 3. The Bertz CT molecular complexity index is 915. The Hall–Kier alpha value is -2.38. The van der Waals surface area contributed by atoms with E-state index in [2.05, 4.69) is 0 Å². The van der Waals surface area contributed by atoms with Gasteiger partial charge in [-0.1, -0.05) is 41.9 Å². The maximum Gasteiger partial charge on any atom is 0.416 e. The van der Waals surface area contributed by atoms with Crippen LogP contribution in [0.2, 0.25) is 5.02 Å². The average molecular weight is 440 g/mol. The Labute approximate surface area is 177 Å². The molecule has 1 aliphatic heterocycles. The molecule has 3 rings (SSSR count). The first kappa shape index (κ1) is 22.3. The van der Waals surface area contributed by atoms with Gasteiger partial charge in [-0.05, 0) is 35.7 Å². The van der Waals surface area contributed by atoms with Crippen LogP contribution in [0.15, 0.2) is 48.5 Å². The molecule has 0 bridgehead atoms. The number of Topliss-reactive ketones (excluding diaryl/α,β-unsaturated/α-hetero) is 1. The fourth-order valence-electron chi connectivity index (χ4n) is 3.61. The van der Waals surface area contributed by atoms with E-state index in [1.54, 1.807) is 12.1 Å². The van der Waals surface area contributed by atoms with Gasteiger partial charge in [0.2, 0.25) is 5.91 Å². The van der Waals surface area contributed by atoms with Gasteiger partial charge < -0.3 is 10.0 Å². The van der Waals surface area contributed by atoms with Crippen LogP contribution < -0.4 is 0 Å². The van der Waals surface area contributed by atoms with Crippen molar-refractivity contribution in [3.05, 3.63) is 70.2 Å². The van der Waals surface area contributed by atoms with Gasteiger partial charge in [-0.15, -0.1) is 0 Å². The molecule has 0 aliphatic carbocycles. The number of ketones is 1. The first-order valence-electron chi connectivity index (χ1n) is 9.54. The number of halogens is 4. The van der Waals surface area contributed by atoms with E-state index in [1.165, 1.54) is 17.0 Å². The second-order valence-electron chi connectivity index (χ2n) is 7.42. The molecule has 2 aromatic carbocycles. The molecule has 30 heavy (non-hydrogen) atoms. The third-order valence-corrected chi connectivity index (χ3v) is 5.41. The van der Waals surface area contributed by atoms with Crippen molar-refractivity contribution in [2.75, 3.05) is 6.54 Å². The molecular formula is C22H21ClF3NO3. The second kappa shape index (κ2) is 9.18. The summed E-state index contributed by atoms with van der Waals surface area (Å²) in [6.07, 6.45) is -4.81. The minimum atomic E-state index is -4.50. The molecule has 1 fully saturated rings. The Morgan fingerprint density at radius 1 is 1.10 bits per heavy atom. The monoisotopic (exact) mass is 439 g/mol. The quantitative estimate of drug-likeness (QED) is 0.738. The third kappa shape index (κ3) is 5.61.